The Morgan fingerprint density at radius 2 is 1.10 bits per heavy atom. The maximum Gasteiger partial charge on any atom is 0.0725 e. The van der Waals surface area contributed by atoms with Gasteiger partial charge in [0.05, 0.1) is 22.4 Å². The van der Waals surface area contributed by atoms with Crippen molar-refractivity contribution >= 4 is 43.4 Å². The first-order chi connectivity index (χ1) is 19.8. The number of nitrogens with zero attached hydrogens (tertiary/aromatic N) is 3. The van der Waals surface area contributed by atoms with Crippen LogP contribution in [0, 0.1) is 0 Å². The summed E-state index contributed by atoms with van der Waals surface area (Å²) in [6, 6.07) is 44.9. The molecule has 0 fully saturated rings. The predicted octanol–water partition coefficient (Wildman–Crippen LogP) is 9.49. The second-order valence-electron chi connectivity index (χ2n) is 10.1. The predicted molar refractivity (Wildman–Crippen MR) is 166 cm³/mol. The van der Waals surface area contributed by atoms with E-state index in [1.807, 2.05) is 18.3 Å². The van der Waals surface area contributed by atoms with E-state index in [0.717, 1.165) is 55.4 Å². The lowest BCUT2D eigenvalue weighted by atomic mass is 9.95. The third-order valence-electron chi connectivity index (χ3n) is 7.71. The number of aromatic nitrogens is 3. The maximum absolute atomic E-state index is 5.11. The van der Waals surface area contributed by atoms with Crippen molar-refractivity contribution in [1.82, 2.24) is 15.0 Å². The Balaban J connectivity index is 1.18. The molecule has 0 saturated heterocycles. The standard InChI is InChI=1S/C37H23N3/c1-2-8-31-24(5-1)10-11-25-6-3-9-32(37(25)31)36-19-15-29-22-27(13-17-34(29)40-36)26-12-16-33-28(21-26)14-18-35(39-33)30-7-4-20-38-23-30/h1-23H. The minimum absolute atomic E-state index is 0.931. The van der Waals surface area contributed by atoms with E-state index >= 15 is 0 Å². The van der Waals surface area contributed by atoms with Gasteiger partial charge in [0, 0.05) is 34.3 Å². The summed E-state index contributed by atoms with van der Waals surface area (Å²) < 4.78 is 0. The highest BCUT2D eigenvalue weighted by atomic mass is 14.7. The van der Waals surface area contributed by atoms with E-state index in [9.17, 15) is 0 Å². The summed E-state index contributed by atoms with van der Waals surface area (Å²) >= 11 is 0. The Hall–Kier alpha value is -5.41. The van der Waals surface area contributed by atoms with Gasteiger partial charge >= 0.3 is 0 Å². The molecule has 3 heteroatoms. The summed E-state index contributed by atoms with van der Waals surface area (Å²) in [5, 5.41) is 7.21. The lowest BCUT2D eigenvalue weighted by Crippen LogP contribution is -1.89. The van der Waals surface area contributed by atoms with Crippen molar-refractivity contribution in [2.75, 3.05) is 0 Å². The van der Waals surface area contributed by atoms with Crippen LogP contribution in [-0.4, -0.2) is 15.0 Å². The summed E-state index contributed by atoms with van der Waals surface area (Å²) in [7, 11) is 0. The normalized spacial score (nSPS) is 11.5. The van der Waals surface area contributed by atoms with Gasteiger partial charge in [0.2, 0.25) is 0 Å². The van der Waals surface area contributed by atoms with Crippen LogP contribution in [0.25, 0.3) is 77.0 Å². The molecule has 0 aliphatic carbocycles. The molecule has 0 amide bonds. The van der Waals surface area contributed by atoms with Gasteiger partial charge in [0.25, 0.3) is 0 Å². The fourth-order valence-corrected chi connectivity index (χ4v) is 5.71. The molecule has 0 radical (unpaired) electrons. The van der Waals surface area contributed by atoms with Crippen LogP contribution in [0.3, 0.4) is 0 Å². The van der Waals surface area contributed by atoms with Gasteiger partial charge in [-0.1, -0.05) is 78.9 Å². The topological polar surface area (TPSA) is 38.7 Å². The van der Waals surface area contributed by atoms with Crippen molar-refractivity contribution in [2.24, 2.45) is 0 Å². The van der Waals surface area contributed by atoms with E-state index in [1.165, 1.54) is 21.5 Å². The van der Waals surface area contributed by atoms with Gasteiger partial charge in [-0.3, -0.25) is 4.98 Å². The summed E-state index contributed by atoms with van der Waals surface area (Å²) in [4.78, 5) is 14.2. The summed E-state index contributed by atoms with van der Waals surface area (Å²) in [5.74, 6) is 0. The fourth-order valence-electron chi connectivity index (χ4n) is 5.71. The van der Waals surface area contributed by atoms with Crippen molar-refractivity contribution in [3.8, 4) is 33.6 Å². The molecule has 40 heavy (non-hydrogen) atoms. The minimum atomic E-state index is 0.931. The molecule has 3 aromatic heterocycles. The minimum Gasteiger partial charge on any atom is -0.264 e. The zero-order chi connectivity index (χ0) is 26.5. The zero-order valence-electron chi connectivity index (χ0n) is 21.6. The number of fused-ring (bicyclic) bond motifs is 5. The molecule has 0 bridgehead atoms. The maximum atomic E-state index is 5.11. The lowest BCUT2D eigenvalue weighted by molar-refractivity contribution is 1.30. The monoisotopic (exact) mass is 509 g/mol. The van der Waals surface area contributed by atoms with Gasteiger partial charge in [-0.25, -0.2) is 9.97 Å². The molecular formula is C37H23N3. The van der Waals surface area contributed by atoms with Crippen LogP contribution in [0.15, 0.2) is 140 Å². The molecule has 8 aromatic rings. The van der Waals surface area contributed by atoms with Crippen molar-refractivity contribution < 1.29 is 0 Å². The second-order valence-corrected chi connectivity index (χ2v) is 10.1. The van der Waals surface area contributed by atoms with Crippen LogP contribution in [-0.2, 0) is 0 Å². The van der Waals surface area contributed by atoms with Crippen LogP contribution >= 0.6 is 0 Å². The third kappa shape index (κ3) is 3.79. The first kappa shape index (κ1) is 22.6. The number of rotatable bonds is 3. The Bertz CT molecular complexity index is 2220. The largest absolute Gasteiger partial charge is 0.264 e. The number of hydrogen-bond donors (Lipinski definition) is 0. The van der Waals surface area contributed by atoms with E-state index < -0.39 is 0 Å². The zero-order valence-corrected chi connectivity index (χ0v) is 21.6. The molecule has 0 aliphatic rings. The van der Waals surface area contributed by atoms with E-state index in [1.54, 1.807) is 6.20 Å². The lowest BCUT2D eigenvalue weighted by Gasteiger charge is -2.11. The van der Waals surface area contributed by atoms with E-state index in [-0.39, 0.29) is 0 Å². The molecule has 0 saturated carbocycles. The van der Waals surface area contributed by atoms with Crippen molar-refractivity contribution in [3.05, 3.63) is 140 Å². The Kier molecular flexibility index (Phi) is 5.14. The van der Waals surface area contributed by atoms with Gasteiger partial charge in [0.15, 0.2) is 0 Å². The SMILES string of the molecule is c1cncc(-c2ccc3cc(-c4ccc5nc(-c6cccc7ccc8ccccc8c67)ccc5c4)ccc3n2)c1. The average Bonchev–Trinajstić information content (AvgIpc) is 3.04. The Morgan fingerprint density at radius 1 is 0.425 bits per heavy atom. The van der Waals surface area contributed by atoms with Crippen LogP contribution in [0.2, 0.25) is 0 Å². The van der Waals surface area contributed by atoms with Crippen LogP contribution < -0.4 is 0 Å². The van der Waals surface area contributed by atoms with Crippen molar-refractivity contribution in [1.29, 1.82) is 0 Å². The fraction of sp³-hybridized carbons (Fsp3) is 0. The highest BCUT2D eigenvalue weighted by molar-refractivity contribution is 6.14. The molecule has 0 N–H and O–H groups in total. The van der Waals surface area contributed by atoms with Crippen molar-refractivity contribution in [2.45, 2.75) is 0 Å². The molecule has 186 valence electrons. The van der Waals surface area contributed by atoms with E-state index in [0.29, 0.717) is 0 Å². The van der Waals surface area contributed by atoms with Gasteiger partial charge in [-0.05, 0) is 81.2 Å². The van der Waals surface area contributed by atoms with Gasteiger partial charge in [0.1, 0.15) is 0 Å². The first-order valence-electron chi connectivity index (χ1n) is 13.4. The third-order valence-corrected chi connectivity index (χ3v) is 7.71. The molecule has 0 spiro atoms. The van der Waals surface area contributed by atoms with E-state index in [4.69, 9.17) is 9.97 Å². The molecular weight excluding hydrogens is 486 g/mol. The highest BCUT2D eigenvalue weighted by Crippen LogP contribution is 2.35. The molecule has 0 aliphatic heterocycles. The van der Waals surface area contributed by atoms with Crippen LogP contribution in [0.4, 0.5) is 0 Å². The second kappa shape index (κ2) is 9.11. The molecule has 5 aromatic carbocycles. The van der Waals surface area contributed by atoms with Crippen LogP contribution in [0.1, 0.15) is 0 Å². The quantitative estimate of drug-likeness (QED) is 0.223. The Morgan fingerprint density at radius 3 is 1.88 bits per heavy atom. The van der Waals surface area contributed by atoms with E-state index in [2.05, 4.69) is 120 Å². The average molecular weight is 510 g/mol. The first-order valence-corrected chi connectivity index (χ1v) is 13.4. The summed E-state index contributed by atoms with van der Waals surface area (Å²) in [5.41, 5.74) is 8.39. The van der Waals surface area contributed by atoms with Gasteiger partial charge in [-0.2, -0.15) is 0 Å². The molecule has 3 nitrogen and oxygen atoms in total. The molecule has 3 heterocycles. The number of hydrogen-bond acceptors (Lipinski definition) is 3. The number of pyridine rings is 3. The Labute approximate surface area is 231 Å². The summed E-state index contributed by atoms with van der Waals surface area (Å²) in [6.45, 7) is 0. The number of benzene rings is 5. The molecule has 0 unspecified atom stereocenters. The van der Waals surface area contributed by atoms with Gasteiger partial charge in [-0.15, -0.1) is 0 Å². The molecule has 0 atom stereocenters. The van der Waals surface area contributed by atoms with Crippen molar-refractivity contribution in [3.63, 3.8) is 0 Å². The smallest absolute Gasteiger partial charge is 0.0725 e. The van der Waals surface area contributed by atoms with Gasteiger partial charge < -0.3 is 0 Å². The van der Waals surface area contributed by atoms with Crippen LogP contribution in [0.5, 0.6) is 0 Å². The summed E-state index contributed by atoms with van der Waals surface area (Å²) in [6.07, 6.45) is 3.63. The molecule has 8 rings (SSSR count). The highest BCUT2D eigenvalue weighted by Gasteiger charge is 2.11.